The van der Waals surface area contributed by atoms with Gasteiger partial charge in [-0.1, -0.05) is 36.4 Å². The third-order valence-corrected chi connectivity index (χ3v) is 5.65. The second kappa shape index (κ2) is 5.45. The van der Waals surface area contributed by atoms with Gasteiger partial charge in [0, 0.05) is 12.6 Å². The molecule has 4 heteroatoms. The van der Waals surface area contributed by atoms with Crippen LogP contribution in [-0.4, -0.2) is 30.4 Å². The zero-order chi connectivity index (χ0) is 17.8. The first kappa shape index (κ1) is 15.9. The first-order valence-corrected chi connectivity index (χ1v) is 8.64. The van der Waals surface area contributed by atoms with Gasteiger partial charge < -0.3 is 9.64 Å². The molecule has 4 rings (SSSR count). The topological polar surface area (TPSA) is 46.6 Å². The number of aryl methyl sites for hydroxylation is 1. The molecule has 0 saturated heterocycles. The van der Waals surface area contributed by atoms with Crippen molar-refractivity contribution in [3.05, 3.63) is 70.3 Å². The van der Waals surface area contributed by atoms with Crippen LogP contribution in [-0.2, 0) is 21.4 Å². The van der Waals surface area contributed by atoms with E-state index in [1.165, 1.54) is 0 Å². The van der Waals surface area contributed by atoms with Gasteiger partial charge in [-0.2, -0.15) is 0 Å². The summed E-state index contributed by atoms with van der Waals surface area (Å²) in [6.45, 7) is 4.20. The summed E-state index contributed by atoms with van der Waals surface area (Å²) in [5, 5.41) is 0. The van der Waals surface area contributed by atoms with E-state index in [9.17, 15) is 9.59 Å². The van der Waals surface area contributed by atoms with Crippen LogP contribution in [0.1, 0.15) is 45.6 Å². The Morgan fingerprint density at radius 1 is 1.24 bits per heavy atom. The second-order valence-electron chi connectivity index (χ2n) is 6.88. The van der Waals surface area contributed by atoms with Crippen LogP contribution in [0, 0.1) is 6.92 Å². The highest BCUT2D eigenvalue weighted by Crippen LogP contribution is 2.55. The number of rotatable bonds is 2. The fourth-order valence-electron chi connectivity index (χ4n) is 4.56. The molecule has 2 aliphatic rings. The van der Waals surface area contributed by atoms with E-state index < -0.39 is 5.41 Å². The number of fused-ring (bicyclic) bond motifs is 5. The number of likely N-dealkylation sites (N-methyl/N-ethyl adjacent to an activating group) is 1. The molecule has 1 aliphatic heterocycles. The lowest BCUT2D eigenvalue weighted by atomic mass is 9.69. The smallest absolute Gasteiger partial charge is 0.319 e. The summed E-state index contributed by atoms with van der Waals surface area (Å²) in [7, 11) is 1.79. The normalized spacial score (nSPS) is 23.7. The number of carbonyl (C=O) groups is 2. The molecule has 0 spiro atoms. The first-order chi connectivity index (χ1) is 12.0. The average molecular weight is 335 g/mol. The van der Waals surface area contributed by atoms with Gasteiger partial charge in [-0.3, -0.25) is 9.59 Å². The summed E-state index contributed by atoms with van der Waals surface area (Å²) in [4.78, 5) is 27.9. The van der Waals surface area contributed by atoms with Gasteiger partial charge in [-0.25, -0.2) is 0 Å². The molecule has 0 saturated carbocycles. The molecule has 128 valence electrons. The van der Waals surface area contributed by atoms with Gasteiger partial charge in [0.1, 0.15) is 5.41 Å². The zero-order valence-electron chi connectivity index (χ0n) is 14.7. The van der Waals surface area contributed by atoms with Crippen LogP contribution in [0.25, 0.3) is 0 Å². The van der Waals surface area contributed by atoms with Gasteiger partial charge in [0.25, 0.3) is 5.91 Å². The van der Waals surface area contributed by atoms with Gasteiger partial charge in [0.2, 0.25) is 0 Å². The number of hydrogen-bond donors (Lipinski definition) is 0. The van der Waals surface area contributed by atoms with Crippen LogP contribution >= 0.6 is 0 Å². The molecule has 0 radical (unpaired) electrons. The molecule has 0 unspecified atom stereocenters. The largest absolute Gasteiger partial charge is 0.465 e. The SMILES string of the molecule is CCOC(=O)[C@]12Cc3c(C)cccc3[C@H]1N(C)C(=O)c1ccccc12. The van der Waals surface area contributed by atoms with Crippen molar-refractivity contribution in [2.24, 2.45) is 0 Å². The van der Waals surface area contributed by atoms with Crippen molar-refractivity contribution < 1.29 is 14.3 Å². The lowest BCUT2D eigenvalue weighted by molar-refractivity contribution is -0.152. The fraction of sp³-hybridized carbons (Fsp3) is 0.333. The third-order valence-electron chi connectivity index (χ3n) is 5.65. The standard InChI is InChI=1S/C21H21NO3/c1-4-25-20(24)21-12-16-13(2)8-7-10-14(16)18(21)22(3)19(23)15-9-5-6-11-17(15)21/h5-11,18H,4,12H2,1-3H3/t18-,21+/m1/s1. The highest BCUT2D eigenvalue weighted by Gasteiger charge is 2.60. The van der Waals surface area contributed by atoms with Crippen molar-refractivity contribution in [1.82, 2.24) is 4.90 Å². The Balaban J connectivity index is 2.05. The maximum absolute atomic E-state index is 13.2. The number of hydrogen-bond acceptors (Lipinski definition) is 3. The van der Waals surface area contributed by atoms with E-state index in [-0.39, 0.29) is 17.9 Å². The molecular weight excluding hydrogens is 314 g/mol. The third kappa shape index (κ3) is 1.94. The molecule has 25 heavy (non-hydrogen) atoms. The number of benzene rings is 2. The van der Waals surface area contributed by atoms with E-state index in [1.807, 2.05) is 37.3 Å². The van der Waals surface area contributed by atoms with E-state index in [0.29, 0.717) is 18.6 Å². The summed E-state index contributed by atoms with van der Waals surface area (Å²) < 4.78 is 5.52. The molecule has 1 heterocycles. The minimum Gasteiger partial charge on any atom is -0.465 e. The summed E-state index contributed by atoms with van der Waals surface area (Å²) in [5.74, 6) is -0.294. The Morgan fingerprint density at radius 2 is 2.00 bits per heavy atom. The average Bonchev–Trinajstić information content (AvgIpc) is 2.98. The first-order valence-electron chi connectivity index (χ1n) is 8.64. The second-order valence-corrected chi connectivity index (χ2v) is 6.88. The monoisotopic (exact) mass is 335 g/mol. The van der Waals surface area contributed by atoms with Crippen LogP contribution in [0.3, 0.4) is 0 Å². The Hall–Kier alpha value is -2.62. The number of ether oxygens (including phenoxy) is 1. The molecule has 1 amide bonds. The molecule has 0 bridgehead atoms. The highest BCUT2D eigenvalue weighted by molar-refractivity contribution is 6.02. The van der Waals surface area contributed by atoms with E-state index >= 15 is 0 Å². The van der Waals surface area contributed by atoms with Crippen LogP contribution in [0.15, 0.2) is 42.5 Å². The number of nitrogens with zero attached hydrogens (tertiary/aromatic N) is 1. The molecule has 4 nitrogen and oxygen atoms in total. The molecule has 2 atom stereocenters. The minimum absolute atomic E-state index is 0.0464. The molecule has 1 aliphatic carbocycles. The summed E-state index contributed by atoms with van der Waals surface area (Å²) in [5.41, 5.74) is 3.87. The summed E-state index contributed by atoms with van der Waals surface area (Å²) in [6, 6.07) is 13.2. The Morgan fingerprint density at radius 3 is 2.76 bits per heavy atom. The molecule has 2 aromatic rings. The Labute approximate surface area is 147 Å². The van der Waals surface area contributed by atoms with E-state index in [4.69, 9.17) is 4.74 Å². The lowest BCUT2D eigenvalue weighted by Gasteiger charge is -2.44. The van der Waals surface area contributed by atoms with Gasteiger partial charge in [0.05, 0.1) is 12.6 Å². The van der Waals surface area contributed by atoms with E-state index in [0.717, 1.165) is 22.3 Å². The zero-order valence-corrected chi connectivity index (χ0v) is 14.7. The van der Waals surface area contributed by atoms with Gasteiger partial charge >= 0.3 is 5.97 Å². The van der Waals surface area contributed by atoms with Crippen LogP contribution < -0.4 is 0 Å². The predicted octanol–water partition coefficient (Wildman–Crippen LogP) is 3.18. The van der Waals surface area contributed by atoms with Crippen molar-refractivity contribution in [3.8, 4) is 0 Å². The molecule has 0 aromatic heterocycles. The van der Waals surface area contributed by atoms with Gasteiger partial charge in [0.15, 0.2) is 0 Å². The van der Waals surface area contributed by atoms with E-state index in [1.54, 1.807) is 18.0 Å². The molecule has 0 fully saturated rings. The van der Waals surface area contributed by atoms with Gasteiger partial charge in [-0.05, 0) is 48.6 Å². The van der Waals surface area contributed by atoms with Crippen molar-refractivity contribution in [3.63, 3.8) is 0 Å². The maximum Gasteiger partial charge on any atom is 0.319 e. The van der Waals surface area contributed by atoms with Crippen molar-refractivity contribution >= 4 is 11.9 Å². The minimum atomic E-state index is -0.871. The molecular formula is C21H21NO3. The van der Waals surface area contributed by atoms with Crippen LogP contribution in [0.2, 0.25) is 0 Å². The van der Waals surface area contributed by atoms with E-state index in [2.05, 4.69) is 13.0 Å². The molecule has 0 N–H and O–H groups in total. The van der Waals surface area contributed by atoms with Crippen LogP contribution in [0.5, 0.6) is 0 Å². The quantitative estimate of drug-likeness (QED) is 0.792. The highest BCUT2D eigenvalue weighted by atomic mass is 16.5. The number of esters is 1. The number of carbonyl (C=O) groups excluding carboxylic acids is 2. The molecule has 2 aromatic carbocycles. The van der Waals surface area contributed by atoms with Crippen molar-refractivity contribution in [2.75, 3.05) is 13.7 Å². The fourth-order valence-corrected chi connectivity index (χ4v) is 4.56. The van der Waals surface area contributed by atoms with Crippen molar-refractivity contribution in [2.45, 2.75) is 31.7 Å². The summed E-state index contributed by atoms with van der Waals surface area (Å²) >= 11 is 0. The Kier molecular flexibility index (Phi) is 3.46. The van der Waals surface area contributed by atoms with Crippen LogP contribution in [0.4, 0.5) is 0 Å². The van der Waals surface area contributed by atoms with Gasteiger partial charge in [-0.15, -0.1) is 0 Å². The lowest BCUT2D eigenvalue weighted by Crippen LogP contribution is -2.53. The summed E-state index contributed by atoms with van der Waals surface area (Å²) in [6.07, 6.45) is 0.563. The Bertz CT molecular complexity index is 888. The number of amides is 1. The van der Waals surface area contributed by atoms with Crippen molar-refractivity contribution in [1.29, 1.82) is 0 Å². The maximum atomic E-state index is 13.2. The predicted molar refractivity (Wildman–Crippen MR) is 94.5 cm³/mol.